The van der Waals surface area contributed by atoms with Crippen LogP contribution in [-0.2, 0) is 4.79 Å². The molecule has 1 fully saturated rings. The maximum Gasteiger partial charge on any atom is 0.280 e. The monoisotopic (exact) mass is 339 g/mol. The summed E-state index contributed by atoms with van der Waals surface area (Å²) in [5, 5.41) is 12.3. The van der Waals surface area contributed by atoms with Gasteiger partial charge in [0.25, 0.3) is 6.43 Å². The van der Waals surface area contributed by atoms with Gasteiger partial charge in [-0.15, -0.1) is 0 Å². The smallest absolute Gasteiger partial charge is 0.280 e. The van der Waals surface area contributed by atoms with E-state index in [0.717, 1.165) is 24.6 Å². The van der Waals surface area contributed by atoms with Crippen molar-refractivity contribution in [3.05, 3.63) is 22.9 Å². The Balaban J connectivity index is 2.16. The Kier molecular flexibility index (Phi) is 5.94. The molecule has 23 heavy (non-hydrogen) atoms. The molecule has 0 unspecified atom stereocenters. The number of nitriles is 1. The second-order valence-electron chi connectivity index (χ2n) is 5.99. The third-order valence-corrected chi connectivity index (χ3v) is 4.41. The number of thioether (sulfide) groups is 1. The Hall–Kier alpha value is -1.68. The predicted octanol–water partition coefficient (Wildman–Crippen LogP) is 3.63. The lowest BCUT2D eigenvalue weighted by atomic mass is 10.1. The molecule has 1 amide bonds. The van der Waals surface area contributed by atoms with Crippen molar-refractivity contribution in [1.82, 2.24) is 10.3 Å². The van der Waals surface area contributed by atoms with Gasteiger partial charge in [0.1, 0.15) is 16.8 Å². The molecule has 0 aromatic carbocycles. The zero-order valence-electron chi connectivity index (χ0n) is 13.1. The molecule has 1 N–H and O–H groups in total. The van der Waals surface area contributed by atoms with Crippen LogP contribution >= 0.6 is 11.8 Å². The first-order chi connectivity index (χ1) is 10.9. The van der Waals surface area contributed by atoms with Crippen LogP contribution in [0.1, 0.15) is 55.9 Å². The van der Waals surface area contributed by atoms with Crippen molar-refractivity contribution in [1.29, 1.82) is 5.26 Å². The molecule has 0 aliphatic heterocycles. The van der Waals surface area contributed by atoms with E-state index in [-0.39, 0.29) is 28.3 Å². The molecule has 0 spiro atoms. The summed E-state index contributed by atoms with van der Waals surface area (Å²) in [6.45, 7) is 4.52. The minimum Gasteiger partial charge on any atom is -0.355 e. The lowest BCUT2D eigenvalue weighted by molar-refractivity contribution is -0.118. The number of rotatable bonds is 7. The number of nitrogens with zero attached hydrogens (tertiary/aromatic N) is 2. The maximum absolute atomic E-state index is 13.0. The molecule has 1 aromatic rings. The number of hydrogen-bond donors (Lipinski definition) is 1. The third-order valence-electron chi connectivity index (χ3n) is 3.44. The SMILES string of the molecule is CC(C)CNC(=O)CSc1nc(C(F)F)cc(C2CC2)c1C#N. The molecule has 7 heteroatoms. The summed E-state index contributed by atoms with van der Waals surface area (Å²) in [7, 11) is 0. The zero-order valence-corrected chi connectivity index (χ0v) is 13.9. The summed E-state index contributed by atoms with van der Waals surface area (Å²) in [5.74, 6) is 0.370. The van der Waals surface area contributed by atoms with Gasteiger partial charge in [-0.2, -0.15) is 5.26 Å². The van der Waals surface area contributed by atoms with Crippen LogP contribution in [0, 0.1) is 17.2 Å². The molecule has 1 aliphatic carbocycles. The lowest BCUT2D eigenvalue weighted by Crippen LogP contribution is -2.28. The summed E-state index contributed by atoms with van der Waals surface area (Å²) >= 11 is 1.04. The van der Waals surface area contributed by atoms with Crippen LogP contribution in [0.5, 0.6) is 0 Å². The van der Waals surface area contributed by atoms with Crippen molar-refractivity contribution in [3.63, 3.8) is 0 Å². The molecular weight excluding hydrogens is 320 g/mol. The van der Waals surface area contributed by atoms with Crippen LogP contribution < -0.4 is 5.32 Å². The summed E-state index contributed by atoms with van der Waals surface area (Å²) in [5.41, 5.74) is 0.650. The Labute approximate surface area is 138 Å². The van der Waals surface area contributed by atoms with Gasteiger partial charge in [-0.1, -0.05) is 25.6 Å². The molecule has 0 bridgehead atoms. The molecule has 1 saturated carbocycles. The van der Waals surface area contributed by atoms with E-state index in [9.17, 15) is 18.8 Å². The standard InChI is InChI=1S/C16H19F2N3OS/c1-9(2)7-20-14(22)8-23-16-12(6-19)11(10-3-4-10)5-13(21-16)15(17)18/h5,9-10,15H,3-4,7-8H2,1-2H3,(H,20,22). The van der Waals surface area contributed by atoms with Gasteiger partial charge in [-0.05, 0) is 36.3 Å². The first kappa shape index (κ1) is 17.7. The Morgan fingerprint density at radius 1 is 1.52 bits per heavy atom. The summed E-state index contributed by atoms with van der Waals surface area (Å²) in [6.07, 6.45) is -0.880. The molecule has 1 aromatic heterocycles. The van der Waals surface area contributed by atoms with Gasteiger partial charge in [-0.25, -0.2) is 13.8 Å². The molecule has 4 nitrogen and oxygen atoms in total. The average Bonchev–Trinajstić information content (AvgIpc) is 3.34. The Morgan fingerprint density at radius 3 is 2.74 bits per heavy atom. The molecule has 2 rings (SSSR count). The van der Waals surface area contributed by atoms with Gasteiger partial charge in [0.15, 0.2) is 0 Å². The third kappa shape index (κ3) is 4.90. The normalized spacial score (nSPS) is 14.1. The van der Waals surface area contributed by atoms with Crippen LogP contribution in [0.15, 0.2) is 11.1 Å². The van der Waals surface area contributed by atoms with Gasteiger partial charge in [0.2, 0.25) is 5.91 Å². The molecule has 124 valence electrons. The lowest BCUT2D eigenvalue weighted by Gasteiger charge is -2.11. The van der Waals surface area contributed by atoms with Crippen LogP contribution in [0.25, 0.3) is 0 Å². The van der Waals surface area contributed by atoms with Crippen molar-refractivity contribution in [2.75, 3.05) is 12.3 Å². The second-order valence-corrected chi connectivity index (χ2v) is 6.95. The van der Waals surface area contributed by atoms with E-state index in [2.05, 4.69) is 16.4 Å². The van der Waals surface area contributed by atoms with Crippen LogP contribution in [-0.4, -0.2) is 23.2 Å². The van der Waals surface area contributed by atoms with E-state index < -0.39 is 6.43 Å². The van der Waals surface area contributed by atoms with Gasteiger partial charge in [0, 0.05) is 6.54 Å². The number of halogens is 2. The number of carbonyl (C=O) groups is 1. The quantitative estimate of drug-likeness (QED) is 0.770. The van der Waals surface area contributed by atoms with Crippen LogP contribution in [0.4, 0.5) is 8.78 Å². The molecule has 1 aliphatic rings. The highest BCUT2D eigenvalue weighted by atomic mass is 32.2. The molecule has 0 radical (unpaired) electrons. The van der Waals surface area contributed by atoms with Gasteiger partial charge >= 0.3 is 0 Å². The summed E-state index contributed by atoms with van der Waals surface area (Å²) < 4.78 is 26.0. The van der Waals surface area contributed by atoms with Crippen LogP contribution in [0.2, 0.25) is 0 Å². The van der Waals surface area contributed by atoms with Crippen molar-refractivity contribution in [2.45, 2.75) is 44.1 Å². The molecular formula is C16H19F2N3OS. The number of carbonyl (C=O) groups excluding carboxylic acids is 1. The maximum atomic E-state index is 13.0. The molecule has 0 atom stereocenters. The zero-order chi connectivity index (χ0) is 17.0. The Bertz CT molecular complexity index is 624. The largest absolute Gasteiger partial charge is 0.355 e. The predicted molar refractivity (Wildman–Crippen MR) is 84.5 cm³/mol. The topological polar surface area (TPSA) is 65.8 Å². The number of pyridine rings is 1. The number of amides is 1. The highest BCUT2D eigenvalue weighted by molar-refractivity contribution is 8.00. The number of aromatic nitrogens is 1. The first-order valence-electron chi connectivity index (χ1n) is 7.55. The number of nitrogens with one attached hydrogen (secondary N) is 1. The van der Waals surface area contributed by atoms with Crippen molar-refractivity contribution in [3.8, 4) is 6.07 Å². The van der Waals surface area contributed by atoms with Crippen molar-refractivity contribution in [2.24, 2.45) is 5.92 Å². The minimum atomic E-state index is -2.69. The van der Waals surface area contributed by atoms with E-state index >= 15 is 0 Å². The fourth-order valence-corrected chi connectivity index (χ4v) is 2.96. The minimum absolute atomic E-state index is 0.0607. The number of hydrogen-bond acceptors (Lipinski definition) is 4. The summed E-state index contributed by atoms with van der Waals surface area (Å²) in [6, 6.07) is 3.40. The molecule has 1 heterocycles. The van der Waals surface area contributed by atoms with E-state index in [1.54, 1.807) is 0 Å². The van der Waals surface area contributed by atoms with E-state index in [1.165, 1.54) is 6.07 Å². The summed E-state index contributed by atoms with van der Waals surface area (Å²) in [4.78, 5) is 15.7. The number of alkyl halides is 2. The van der Waals surface area contributed by atoms with Crippen molar-refractivity contribution >= 4 is 17.7 Å². The van der Waals surface area contributed by atoms with Crippen LogP contribution in [0.3, 0.4) is 0 Å². The van der Waals surface area contributed by atoms with Crippen molar-refractivity contribution < 1.29 is 13.6 Å². The highest BCUT2D eigenvalue weighted by Gasteiger charge is 2.30. The van der Waals surface area contributed by atoms with Gasteiger partial charge < -0.3 is 5.32 Å². The van der Waals surface area contributed by atoms with E-state index in [0.29, 0.717) is 23.6 Å². The van der Waals surface area contributed by atoms with E-state index in [1.807, 2.05) is 13.8 Å². The first-order valence-corrected chi connectivity index (χ1v) is 8.53. The van der Waals surface area contributed by atoms with E-state index in [4.69, 9.17) is 0 Å². The fourth-order valence-electron chi connectivity index (χ4n) is 2.11. The van der Waals surface area contributed by atoms with Gasteiger partial charge in [-0.3, -0.25) is 4.79 Å². The van der Waals surface area contributed by atoms with Gasteiger partial charge in [0.05, 0.1) is 11.3 Å². The highest BCUT2D eigenvalue weighted by Crippen LogP contribution is 2.44. The molecule has 0 saturated heterocycles. The second kappa shape index (κ2) is 7.73. The average molecular weight is 339 g/mol. The fraction of sp³-hybridized carbons (Fsp3) is 0.562. The Morgan fingerprint density at radius 2 is 2.22 bits per heavy atom.